The molecule has 1 heterocycles. The van der Waals surface area contributed by atoms with Crippen LogP contribution in [0, 0.1) is 0 Å². The Balaban J connectivity index is 1.67. The van der Waals surface area contributed by atoms with Gasteiger partial charge in [-0.3, -0.25) is 4.79 Å². The lowest BCUT2D eigenvalue weighted by Crippen LogP contribution is -2.29. The summed E-state index contributed by atoms with van der Waals surface area (Å²) in [5, 5.41) is 0. The number of fused-ring (bicyclic) bond motifs is 2. The molecule has 2 heteroatoms. The van der Waals surface area contributed by atoms with E-state index in [0.717, 1.165) is 37.1 Å². The van der Waals surface area contributed by atoms with Gasteiger partial charge in [-0.2, -0.15) is 0 Å². The first-order valence-corrected chi connectivity index (χ1v) is 7.84. The van der Waals surface area contributed by atoms with Gasteiger partial charge in [0.2, 0.25) is 0 Å². The Morgan fingerprint density at radius 1 is 0.857 bits per heavy atom. The molecule has 2 nitrogen and oxygen atoms in total. The normalized spacial score (nSPS) is 16.5. The average Bonchev–Trinajstić information content (AvgIpc) is 2.98. The second-order valence-electron chi connectivity index (χ2n) is 6.03. The molecule has 2 aromatic carbocycles. The Labute approximate surface area is 125 Å². The van der Waals surface area contributed by atoms with Gasteiger partial charge < -0.3 is 4.90 Å². The maximum atomic E-state index is 12.8. The fourth-order valence-electron chi connectivity index (χ4n) is 3.57. The van der Waals surface area contributed by atoms with Crippen molar-refractivity contribution in [2.45, 2.75) is 32.1 Å². The Morgan fingerprint density at radius 3 is 2.57 bits per heavy atom. The van der Waals surface area contributed by atoms with E-state index in [9.17, 15) is 4.79 Å². The zero-order valence-corrected chi connectivity index (χ0v) is 12.1. The van der Waals surface area contributed by atoms with E-state index in [2.05, 4.69) is 24.3 Å². The van der Waals surface area contributed by atoms with Crippen molar-refractivity contribution >= 4 is 11.6 Å². The number of anilines is 1. The predicted octanol–water partition coefficient (Wildman–Crippen LogP) is 3.77. The third-order valence-electron chi connectivity index (χ3n) is 4.73. The molecule has 1 aliphatic carbocycles. The van der Waals surface area contributed by atoms with Crippen LogP contribution in [0.2, 0.25) is 0 Å². The van der Waals surface area contributed by atoms with Crippen LogP contribution in [0.3, 0.4) is 0 Å². The lowest BCUT2D eigenvalue weighted by Gasteiger charge is -2.20. The minimum absolute atomic E-state index is 0.147. The lowest BCUT2D eigenvalue weighted by atomic mass is 9.90. The van der Waals surface area contributed by atoms with Gasteiger partial charge in [-0.15, -0.1) is 0 Å². The van der Waals surface area contributed by atoms with E-state index in [1.165, 1.54) is 29.5 Å². The van der Waals surface area contributed by atoms with E-state index in [-0.39, 0.29) is 5.91 Å². The second-order valence-corrected chi connectivity index (χ2v) is 6.03. The van der Waals surface area contributed by atoms with Gasteiger partial charge >= 0.3 is 0 Å². The molecule has 0 fully saturated rings. The number of nitrogens with zero attached hydrogens (tertiary/aromatic N) is 1. The smallest absolute Gasteiger partial charge is 0.258 e. The van der Waals surface area contributed by atoms with Crippen LogP contribution in [0.5, 0.6) is 0 Å². The van der Waals surface area contributed by atoms with Crippen molar-refractivity contribution in [2.75, 3.05) is 11.4 Å². The molecule has 0 saturated carbocycles. The molecule has 2 aromatic rings. The first-order valence-electron chi connectivity index (χ1n) is 7.84. The molecule has 0 unspecified atom stereocenters. The van der Waals surface area contributed by atoms with E-state index in [1.807, 2.05) is 23.1 Å². The molecule has 1 amide bonds. The monoisotopic (exact) mass is 277 g/mol. The number of rotatable bonds is 1. The molecule has 4 rings (SSSR count). The Bertz CT molecular complexity index is 704. The third kappa shape index (κ3) is 2.15. The quantitative estimate of drug-likeness (QED) is 0.777. The lowest BCUT2D eigenvalue weighted by molar-refractivity contribution is 0.0989. The van der Waals surface area contributed by atoms with Gasteiger partial charge in [-0.25, -0.2) is 0 Å². The van der Waals surface area contributed by atoms with Gasteiger partial charge in [0.15, 0.2) is 0 Å². The maximum Gasteiger partial charge on any atom is 0.258 e. The molecule has 0 atom stereocenters. The van der Waals surface area contributed by atoms with Crippen molar-refractivity contribution in [3.8, 4) is 0 Å². The number of carbonyl (C=O) groups is 1. The van der Waals surface area contributed by atoms with Crippen molar-refractivity contribution in [1.29, 1.82) is 0 Å². The summed E-state index contributed by atoms with van der Waals surface area (Å²) in [4.78, 5) is 14.8. The minimum atomic E-state index is 0.147. The molecule has 0 N–H and O–H groups in total. The van der Waals surface area contributed by atoms with E-state index in [1.54, 1.807) is 0 Å². The highest BCUT2D eigenvalue weighted by Gasteiger charge is 2.25. The van der Waals surface area contributed by atoms with Crippen LogP contribution >= 0.6 is 0 Å². The number of benzene rings is 2. The molecule has 21 heavy (non-hydrogen) atoms. The highest BCUT2D eigenvalue weighted by Crippen LogP contribution is 2.30. The standard InChI is InChI=1S/C19H19NO/c21-19(20-12-11-15-6-3-4-8-18(15)20)17-10-9-14-5-1-2-7-16(14)13-17/h3-4,6,8-10,13H,1-2,5,7,11-12H2. The number of hydrogen-bond acceptors (Lipinski definition) is 1. The van der Waals surface area contributed by atoms with E-state index in [0.29, 0.717) is 0 Å². The molecule has 0 bridgehead atoms. The number of amides is 1. The van der Waals surface area contributed by atoms with Crippen LogP contribution in [0.1, 0.15) is 39.9 Å². The van der Waals surface area contributed by atoms with Crippen molar-refractivity contribution in [2.24, 2.45) is 0 Å². The van der Waals surface area contributed by atoms with Crippen LogP contribution in [-0.2, 0) is 19.3 Å². The predicted molar refractivity (Wildman–Crippen MR) is 84.9 cm³/mol. The maximum absolute atomic E-state index is 12.8. The zero-order chi connectivity index (χ0) is 14.2. The number of carbonyl (C=O) groups excluding carboxylic acids is 1. The topological polar surface area (TPSA) is 20.3 Å². The molecular weight excluding hydrogens is 258 g/mol. The van der Waals surface area contributed by atoms with Crippen LogP contribution < -0.4 is 4.90 Å². The Morgan fingerprint density at radius 2 is 1.67 bits per heavy atom. The van der Waals surface area contributed by atoms with Crippen molar-refractivity contribution in [3.05, 3.63) is 64.7 Å². The van der Waals surface area contributed by atoms with E-state index >= 15 is 0 Å². The number of aryl methyl sites for hydroxylation is 2. The summed E-state index contributed by atoms with van der Waals surface area (Å²) in [5.41, 5.74) is 6.01. The fourth-order valence-corrected chi connectivity index (χ4v) is 3.57. The van der Waals surface area contributed by atoms with Crippen molar-refractivity contribution in [3.63, 3.8) is 0 Å². The average molecular weight is 277 g/mol. The summed E-state index contributed by atoms with van der Waals surface area (Å²) in [6.45, 7) is 0.801. The van der Waals surface area contributed by atoms with Gasteiger partial charge in [0.25, 0.3) is 5.91 Å². The van der Waals surface area contributed by atoms with E-state index < -0.39 is 0 Å². The zero-order valence-electron chi connectivity index (χ0n) is 12.1. The molecule has 0 spiro atoms. The van der Waals surface area contributed by atoms with Crippen molar-refractivity contribution < 1.29 is 4.79 Å². The summed E-state index contributed by atoms with van der Waals surface area (Å²) < 4.78 is 0. The summed E-state index contributed by atoms with van der Waals surface area (Å²) in [7, 11) is 0. The summed E-state index contributed by atoms with van der Waals surface area (Å²) in [6, 6.07) is 14.5. The van der Waals surface area contributed by atoms with Gasteiger partial charge in [0.1, 0.15) is 0 Å². The number of hydrogen-bond donors (Lipinski definition) is 0. The molecule has 2 aliphatic rings. The van der Waals surface area contributed by atoms with Crippen LogP contribution in [0.15, 0.2) is 42.5 Å². The van der Waals surface area contributed by atoms with Gasteiger partial charge in [-0.1, -0.05) is 24.3 Å². The van der Waals surface area contributed by atoms with Crippen LogP contribution in [0.4, 0.5) is 5.69 Å². The molecule has 0 saturated heterocycles. The minimum Gasteiger partial charge on any atom is -0.308 e. The summed E-state index contributed by atoms with van der Waals surface area (Å²) >= 11 is 0. The van der Waals surface area contributed by atoms with Crippen molar-refractivity contribution in [1.82, 2.24) is 0 Å². The first kappa shape index (κ1) is 12.6. The highest BCUT2D eigenvalue weighted by molar-refractivity contribution is 6.07. The highest BCUT2D eigenvalue weighted by atomic mass is 16.2. The van der Waals surface area contributed by atoms with Gasteiger partial charge in [0, 0.05) is 17.8 Å². The van der Waals surface area contributed by atoms with Crippen LogP contribution in [-0.4, -0.2) is 12.5 Å². The SMILES string of the molecule is O=C(c1ccc2c(c1)CCCC2)N1CCc2ccccc21. The summed E-state index contributed by atoms with van der Waals surface area (Å²) in [5.74, 6) is 0.147. The molecule has 1 aliphatic heterocycles. The number of para-hydroxylation sites is 1. The molecular formula is C19H19NO. The van der Waals surface area contributed by atoms with E-state index in [4.69, 9.17) is 0 Å². The molecule has 0 aromatic heterocycles. The third-order valence-corrected chi connectivity index (χ3v) is 4.73. The molecule has 0 radical (unpaired) electrons. The van der Waals surface area contributed by atoms with Gasteiger partial charge in [0.05, 0.1) is 0 Å². The van der Waals surface area contributed by atoms with Crippen LogP contribution in [0.25, 0.3) is 0 Å². The first-order chi connectivity index (χ1) is 10.3. The Kier molecular flexibility index (Phi) is 3.03. The Hall–Kier alpha value is -2.09. The van der Waals surface area contributed by atoms with Gasteiger partial charge in [-0.05, 0) is 67.0 Å². The molecule has 106 valence electrons. The second kappa shape index (κ2) is 5.03. The summed E-state index contributed by atoms with van der Waals surface area (Å²) in [6.07, 6.45) is 5.77. The fraction of sp³-hybridized carbons (Fsp3) is 0.316. The largest absolute Gasteiger partial charge is 0.308 e.